The van der Waals surface area contributed by atoms with Crippen LogP contribution in [0.5, 0.6) is 0 Å². The summed E-state index contributed by atoms with van der Waals surface area (Å²) in [6.45, 7) is 1.12. The Labute approximate surface area is 178 Å². The molecular formula is C22H15F6N3O. The molecule has 3 rings (SSSR count). The molecule has 2 aromatic carbocycles. The van der Waals surface area contributed by atoms with Gasteiger partial charge in [-0.1, -0.05) is 12.1 Å². The van der Waals surface area contributed by atoms with Gasteiger partial charge < -0.3 is 10.3 Å². The highest BCUT2D eigenvalue weighted by Gasteiger charge is 2.37. The minimum atomic E-state index is -4.98. The Morgan fingerprint density at radius 2 is 1.50 bits per heavy atom. The number of nitriles is 1. The Morgan fingerprint density at radius 3 is 1.94 bits per heavy atom. The zero-order valence-corrected chi connectivity index (χ0v) is 16.5. The predicted octanol–water partition coefficient (Wildman–Crippen LogP) is 5.52. The number of carbonyl (C=O) groups is 1. The smallest absolute Gasteiger partial charge is 0.366 e. The lowest BCUT2D eigenvalue weighted by Gasteiger charge is -2.17. The highest BCUT2D eigenvalue weighted by molar-refractivity contribution is 5.95. The van der Waals surface area contributed by atoms with Crippen LogP contribution in [0.15, 0.2) is 48.5 Å². The molecule has 0 aliphatic rings. The molecular weight excluding hydrogens is 436 g/mol. The second kappa shape index (κ2) is 8.07. The van der Waals surface area contributed by atoms with E-state index in [0.717, 1.165) is 0 Å². The molecule has 0 fully saturated rings. The van der Waals surface area contributed by atoms with Gasteiger partial charge in [-0.2, -0.15) is 31.6 Å². The first-order valence-electron chi connectivity index (χ1n) is 9.10. The monoisotopic (exact) mass is 451 g/mol. The highest BCUT2D eigenvalue weighted by atomic mass is 19.4. The van der Waals surface area contributed by atoms with Crippen molar-refractivity contribution < 1.29 is 31.1 Å². The predicted molar refractivity (Wildman–Crippen MR) is 103 cm³/mol. The minimum absolute atomic E-state index is 0.0579. The van der Waals surface area contributed by atoms with E-state index in [1.54, 1.807) is 12.1 Å². The van der Waals surface area contributed by atoms with Crippen molar-refractivity contribution in [2.75, 3.05) is 0 Å². The standard InChI is InChI=1S/C22H15F6N3O/c1-12-18(20(30)32)9-19(15-4-2-13(10-29)3-5-15)31(12)11-14-6-16(21(23,24)25)8-17(7-14)22(26,27)28/h2-9H,11H2,1H3,(H2,30,32). The molecule has 4 nitrogen and oxygen atoms in total. The number of rotatable bonds is 4. The minimum Gasteiger partial charge on any atom is -0.366 e. The van der Waals surface area contributed by atoms with Crippen LogP contribution in [0.2, 0.25) is 0 Å². The Bertz CT molecular complexity index is 1180. The van der Waals surface area contributed by atoms with E-state index >= 15 is 0 Å². The summed E-state index contributed by atoms with van der Waals surface area (Å²) in [4.78, 5) is 11.8. The quantitative estimate of drug-likeness (QED) is 0.531. The maximum absolute atomic E-state index is 13.2. The van der Waals surface area contributed by atoms with Crippen molar-refractivity contribution in [1.29, 1.82) is 5.26 Å². The maximum Gasteiger partial charge on any atom is 0.416 e. The second-order valence-electron chi connectivity index (χ2n) is 7.08. The van der Waals surface area contributed by atoms with E-state index in [9.17, 15) is 31.1 Å². The van der Waals surface area contributed by atoms with E-state index in [4.69, 9.17) is 11.0 Å². The van der Waals surface area contributed by atoms with E-state index in [1.165, 1.54) is 29.7 Å². The number of nitrogens with two attached hydrogens (primary N) is 1. The van der Waals surface area contributed by atoms with Gasteiger partial charge in [-0.15, -0.1) is 0 Å². The van der Waals surface area contributed by atoms with Crippen molar-refractivity contribution in [3.05, 3.63) is 82.0 Å². The maximum atomic E-state index is 13.2. The van der Waals surface area contributed by atoms with Gasteiger partial charge >= 0.3 is 12.4 Å². The van der Waals surface area contributed by atoms with Crippen LogP contribution in [0, 0.1) is 18.3 Å². The van der Waals surface area contributed by atoms with Crippen molar-refractivity contribution in [2.45, 2.75) is 25.8 Å². The lowest BCUT2D eigenvalue weighted by atomic mass is 10.0. The summed E-state index contributed by atoms with van der Waals surface area (Å²) in [7, 11) is 0. The van der Waals surface area contributed by atoms with Gasteiger partial charge in [-0.25, -0.2) is 0 Å². The zero-order chi connectivity index (χ0) is 23.8. The van der Waals surface area contributed by atoms with Crippen molar-refractivity contribution in [2.24, 2.45) is 5.73 Å². The van der Waals surface area contributed by atoms with Crippen molar-refractivity contribution >= 4 is 5.91 Å². The van der Waals surface area contributed by atoms with Crippen LogP contribution in [0.4, 0.5) is 26.3 Å². The Morgan fingerprint density at radius 1 is 0.969 bits per heavy atom. The lowest BCUT2D eigenvalue weighted by Crippen LogP contribution is -2.14. The number of carbonyl (C=O) groups excluding carboxylic acids is 1. The van der Waals surface area contributed by atoms with Gasteiger partial charge in [0.25, 0.3) is 5.91 Å². The number of benzene rings is 2. The summed E-state index contributed by atoms with van der Waals surface area (Å²) in [6, 6.07) is 10.8. The van der Waals surface area contributed by atoms with E-state index in [0.29, 0.717) is 29.0 Å². The summed E-state index contributed by atoms with van der Waals surface area (Å²) in [5, 5.41) is 8.95. The Kier molecular flexibility index (Phi) is 5.78. The molecule has 0 unspecified atom stereocenters. The average molecular weight is 451 g/mol. The molecule has 0 atom stereocenters. The largest absolute Gasteiger partial charge is 0.416 e. The first-order valence-corrected chi connectivity index (χ1v) is 9.10. The fourth-order valence-corrected chi connectivity index (χ4v) is 3.35. The molecule has 10 heteroatoms. The van der Waals surface area contributed by atoms with Crippen LogP contribution in [0.3, 0.4) is 0 Å². The van der Waals surface area contributed by atoms with Crippen LogP contribution in [0.1, 0.15) is 38.3 Å². The molecule has 32 heavy (non-hydrogen) atoms. The van der Waals surface area contributed by atoms with Gasteiger partial charge in [0.1, 0.15) is 0 Å². The van der Waals surface area contributed by atoms with E-state index in [2.05, 4.69) is 0 Å². The molecule has 0 aliphatic heterocycles. The number of alkyl halides is 6. The van der Waals surface area contributed by atoms with Gasteiger partial charge in [-0.05, 0) is 54.4 Å². The molecule has 0 saturated carbocycles. The number of halogens is 6. The molecule has 166 valence electrons. The van der Waals surface area contributed by atoms with Crippen molar-refractivity contribution in [1.82, 2.24) is 4.57 Å². The number of nitrogens with zero attached hydrogens (tertiary/aromatic N) is 2. The second-order valence-corrected chi connectivity index (χ2v) is 7.08. The average Bonchev–Trinajstić information content (AvgIpc) is 3.03. The molecule has 0 bridgehead atoms. The summed E-state index contributed by atoms with van der Waals surface area (Å²) in [5.74, 6) is -0.795. The summed E-state index contributed by atoms with van der Waals surface area (Å²) >= 11 is 0. The fraction of sp³-hybridized carbons (Fsp3) is 0.182. The third-order valence-electron chi connectivity index (χ3n) is 4.93. The van der Waals surface area contributed by atoms with Crippen LogP contribution in [-0.4, -0.2) is 10.5 Å². The van der Waals surface area contributed by atoms with Gasteiger partial charge in [0.2, 0.25) is 0 Å². The highest BCUT2D eigenvalue weighted by Crippen LogP contribution is 2.37. The number of amides is 1. The van der Waals surface area contributed by atoms with E-state index in [-0.39, 0.29) is 29.4 Å². The molecule has 0 aliphatic carbocycles. The molecule has 1 heterocycles. The molecule has 2 N–H and O–H groups in total. The third kappa shape index (κ3) is 4.61. The van der Waals surface area contributed by atoms with E-state index in [1.807, 2.05) is 6.07 Å². The molecule has 0 spiro atoms. The van der Waals surface area contributed by atoms with E-state index < -0.39 is 29.4 Å². The molecule has 0 radical (unpaired) electrons. The van der Waals surface area contributed by atoms with Gasteiger partial charge in [-0.3, -0.25) is 4.79 Å². The first-order chi connectivity index (χ1) is 14.8. The summed E-state index contributed by atoms with van der Waals surface area (Å²) in [5.41, 5.74) is 3.84. The Hall–Kier alpha value is -3.74. The number of primary amides is 1. The number of hydrogen-bond donors (Lipinski definition) is 1. The Balaban J connectivity index is 2.18. The van der Waals surface area contributed by atoms with Crippen LogP contribution in [-0.2, 0) is 18.9 Å². The van der Waals surface area contributed by atoms with Gasteiger partial charge in [0.15, 0.2) is 0 Å². The SMILES string of the molecule is Cc1c(C(N)=O)cc(-c2ccc(C#N)cc2)n1Cc1cc(C(F)(F)F)cc(C(F)(F)F)c1. The molecule has 1 aromatic heterocycles. The normalized spacial score (nSPS) is 11.9. The summed E-state index contributed by atoms with van der Waals surface area (Å²) < 4.78 is 80.7. The fourth-order valence-electron chi connectivity index (χ4n) is 3.35. The lowest BCUT2D eigenvalue weighted by molar-refractivity contribution is -0.143. The van der Waals surface area contributed by atoms with Crippen LogP contribution < -0.4 is 5.73 Å². The van der Waals surface area contributed by atoms with Gasteiger partial charge in [0.05, 0.1) is 28.3 Å². The number of hydrogen-bond acceptors (Lipinski definition) is 2. The molecule has 0 saturated heterocycles. The van der Waals surface area contributed by atoms with Crippen molar-refractivity contribution in [3.8, 4) is 17.3 Å². The zero-order valence-electron chi connectivity index (χ0n) is 16.5. The summed E-state index contributed by atoms with van der Waals surface area (Å²) in [6.07, 6.45) is -9.95. The van der Waals surface area contributed by atoms with Gasteiger partial charge in [0, 0.05) is 17.9 Å². The number of aromatic nitrogens is 1. The van der Waals surface area contributed by atoms with Crippen molar-refractivity contribution in [3.63, 3.8) is 0 Å². The molecule has 1 amide bonds. The van der Waals surface area contributed by atoms with Crippen LogP contribution in [0.25, 0.3) is 11.3 Å². The topological polar surface area (TPSA) is 71.8 Å². The third-order valence-corrected chi connectivity index (χ3v) is 4.93. The van der Waals surface area contributed by atoms with Crippen LogP contribution >= 0.6 is 0 Å². The first kappa shape index (κ1) is 22.9. The molecule has 3 aromatic rings.